The summed E-state index contributed by atoms with van der Waals surface area (Å²) < 4.78 is 4.07. The van der Waals surface area contributed by atoms with Gasteiger partial charge in [-0.15, -0.1) is 0 Å². The molecule has 0 aliphatic rings. The third-order valence-electron chi connectivity index (χ3n) is 2.94. The molecule has 0 aliphatic heterocycles. The van der Waals surface area contributed by atoms with Crippen LogP contribution in [0, 0.1) is 0 Å². The summed E-state index contributed by atoms with van der Waals surface area (Å²) in [5.74, 6) is 6.65. The topological polar surface area (TPSA) is 73.7 Å². The minimum Gasteiger partial charge on any atom is -0.340 e. The quantitative estimate of drug-likeness (QED) is 0.585. The number of rotatable bonds is 6. The fourth-order valence-electron chi connectivity index (χ4n) is 2.02. The molecule has 0 aromatic carbocycles. The molecule has 98 valence electrons. The molecule has 6 nitrogen and oxygen atoms in total. The second kappa shape index (κ2) is 5.79. The van der Waals surface area contributed by atoms with Gasteiger partial charge in [0.2, 0.25) is 0 Å². The highest BCUT2D eigenvalue weighted by molar-refractivity contribution is 5.07. The number of hydrazine groups is 1. The Morgan fingerprint density at radius 3 is 2.89 bits per heavy atom. The highest BCUT2D eigenvalue weighted by Gasteiger charge is 2.15. The summed E-state index contributed by atoms with van der Waals surface area (Å²) in [6.07, 6.45) is 9.41. The molecule has 0 bridgehead atoms. The Morgan fingerprint density at radius 2 is 2.28 bits per heavy atom. The second-order valence-corrected chi connectivity index (χ2v) is 4.42. The van der Waals surface area contributed by atoms with Gasteiger partial charge in [-0.05, 0) is 6.42 Å². The van der Waals surface area contributed by atoms with E-state index in [1.807, 2.05) is 30.2 Å². The minimum atomic E-state index is -0.00999. The van der Waals surface area contributed by atoms with Crippen LogP contribution < -0.4 is 11.3 Å². The van der Waals surface area contributed by atoms with Gasteiger partial charge in [0.1, 0.15) is 5.82 Å². The van der Waals surface area contributed by atoms with Crippen molar-refractivity contribution >= 4 is 0 Å². The van der Waals surface area contributed by atoms with Gasteiger partial charge < -0.3 is 9.13 Å². The largest absolute Gasteiger partial charge is 0.340 e. The maximum atomic E-state index is 5.62. The van der Waals surface area contributed by atoms with E-state index < -0.39 is 0 Å². The zero-order chi connectivity index (χ0) is 13.0. The van der Waals surface area contributed by atoms with E-state index in [1.165, 1.54) is 0 Å². The molecule has 0 aliphatic carbocycles. The second-order valence-electron chi connectivity index (χ2n) is 4.42. The Morgan fingerprint density at radius 1 is 1.44 bits per heavy atom. The zero-order valence-corrected chi connectivity index (χ0v) is 10.9. The monoisotopic (exact) mass is 248 g/mol. The lowest BCUT2D eigenvalue weighted by molar-refractivity contribution is 0.508. The predicted molar refractivity (Wildman–Crippen MR) is 69.5 cm³/mol. The number of imidazole rings is 2. The van der Waals surface area contributed by atoms with E-state index in [0.29, 0.717) is 0 Å². The van der Waals surface area contributed by atoms with Crippen LogP contribution in [0.25, 0.3) is 0 Å². The van der Waals surface area contributed by atoms with E-state index in [2.05, 4.69) is 26.9 Å². The lowest BCUT2D eigenvalue weighted by atomic mass is 10.1. The molecule has 3 N–H and O–H groups in total. The number of nitrogens with two attached hydrogens (primary N) is 1. The number of aromatic nitrogens is 4. The van der Waals surface area contributed by atoms with Gasteiger partial charge in [-0.1, -0.05) is 6.92 Å². The highest BCUT2D eigenvalue weighted by Crippen LogP contribution is 2.15. The molecule has 0 fully saturated rings. The molecule has 2 aromatic rings. The van der Waals surface area contributed by atoms with E-state index >= 15 is 0 Å². The van der Waals surface area contributed by atoms with Crippen LogP contribution in [0.2, 0.25) is 0 Å². The molecule has 0 radical (unpaired) electrons. The minimum absolute atomic E-state index is 0.00999. The molecule has 1 atom stereocenters. The first-order chi connectivity index (χ1) is 8.74. The molecule has 6 heteroatoms. The Bertz CT molecular complexity index is 486. The van der Waals surface area contributed by atoms with Crippen molar-refractivity contribution in [2.45, 2.75) is 32.4 Å². The third-order valence-corrected chi connectivity index (χ3v) is 2.94. The molecule has 2 rings (SSSR count). The van der Waals surface area contributed by atoms with Gasteiger partial charge in [-0.3, -0.25) is 11.3 Å². The summed E-state index contributed by atoms with van der Waals surface area (Å²) in [6.45, 7) is 3.13. The average molecular weight is 248 g/mol. The summed E-state index contributed by atoms with van der Waals surface area (Å²) in [7, 11) is 1.95. The van der Waals surface area contributed by atoms with Crippen molar-refractivity contribution in [3.63, 3.8) is 0 Å². The molecule has 0 saturated heterocycles. The van der Waals surface area contributed by atoms with Gasteiger partial charge in [0.25, 0.3) is 0 Å². The zero-order valence-electron chi connectivity index (χ0n) is 10.9. The van der Waals surface area contributed by atoms with Crippen LogP contribution in [-0.2, 0) is 20.0 Å². The molecule has 2 heterocycles. The number of nitrogens with one attached hydrogen (secondary N) is 1. The molecule has 0 saturated carbocycles. The lowest BCUT2D eigenvalue weighted by Gasteiger charge is -2.14. The summed E-state index contributed by atoms with van der Waals surface area (Å²) in [5, 5.41) is 0. The first kappa shape index (κ1) is 12.8. The van der Waals surface area contributed by atoms with Crippen molar-refractivity contribution < 1.29 is 0 Å². The van der Waals surface area contributed by atoms with Gasteiger partial charge in [-0.25, -0.2) is 9.97 Å². The molecule has 0 amide bonds. The lowest BCUT2D eigenvalue weighted by Crippen LogP contribution is -2.30. The molecule has 18 heavy (non-hydrogen) atoms. The van der Waals surface area contributed by atoms with Crippen LogP contribution in [-0.4, -0.2) is 19.1 Å². The summed E-state index contributed by atoms with van der Waals surface area (Å²) in [4.78, 5) is 8.71. The predicted octanol–water partition coefficient (Wildman–Crippen LogP) is 0.774. The molecule has 0 spiro atoms. The number of nitrogens with zero attached hydrogens (tertiary/aromatic N) is 4. The summed E-state index contributed by atoms with van der Waals surface area (Å²) in [6, 6.07) is -0.00999. The van der Waals surface area contributed by atoms with E-state index in [9.17, 15) is 0 Å². The summed E-state index contributed by atoms with van der Waals surface area (Å²) >= 11 is 0. The van der Waals surface area contributed by atoms with Crippen molar-refractivity contribution in [3.05, 3.63) is 36.4 Å². The Hall–Kier alpha value is -1.66. The van der Waals surface area contributed by atoms with Crippen molar-refractivity contribution in [3.8, 4) is 0 Å². The standard InChI is InChI=1S/C12H20N6/c1-3-5-18-6-4-14-12(18)7-10(16-13)11-8-17(2)9-15-11/h4,6,8-10,16H,3,5,7,13H2,1-2H3. The van der Waals surface area contributed by atoms with Crippen molar-refractivity contribution in [2.24, 2.45) is 12.9 Å². The van der Waals surface area contributed by atoms with Crippen molar-refractivity contribution in [1.29, 1.82) is 0 Å². The fraction of sp³-hybridized carbons (Fsp3) is 0.500. The maximum Gasteiger partial charge on any atom is 0.110 e. The van der Waals surface area contributed by atoms with E-state index in [1.54, 1.807) is 6.33 Å². The van der Waals surface area contributed by atoms with E-state index in [-0.39, 0.29) is 6.04 Å². The number of hydrogen-bond acceptors (Lipinski definition) is 4. The van der Waals surface area contributed by atoms with E-state index in [4.69, 9.17) is 5.84 Å². The highest BCUT2D eigenvalue weighted by atomic mass is 15.2. The van der Waals surface area contributed by atoms with Crippen LogP contribution in [0.5, 0.6) is 0 Å². The van der Waals surface area contributed by atoms with Crippen LogP contribution in [0.4, 0.5) is 0 Å². The van der Waals surface area contributed by atoms with Crippen LogP contribution in [0.1, 0.15) is 30.9 Å². The molecular weight excluding hydrogens is 228 g/mol. The maximum absolute atomic E-state index is 5.62. The van der Waals surface area contributed by atoms with Crippen LogP contribution in [0.3, 0.4) is 0 Å². The normalized spacial score (nSPS) is 12.8. The molecule has 1 unspecified atom stereocenters. The first-order valence-corrected chi connectivity index (χ1v) is 6.18. The van der Waals surface area contributed by atoms with Gasteiger partial charge in [0, 0.05) is 38.6 Å². The number of aryl methyl sites for hydroxylation is 2. The third kappa shape index (κ3) is 2.77. The van der Waals surface area contributed by atoms with E-state index in [0.717, 1.165) is 30.9 Å². The molecular formula is C12H20N6. The smallest absolute Gasteiger partial charge is 0.110 e. The first-order valence-electron chi connectivity index (χ1n) is 6.18. The Balaban J connectivity index is 2.12. The van der Waals surface area contributed by atoms with Gasteiger partial charge in [0.05, 0.1) is 18.1 Å². The van der Waals surface area contributed by atoms with Crippen LogP contribution in [0.15, 0.2) is 24.9 Å². The van der Waals surface area contributed by atoms with Crippen LogP contribution >= 0.6 is 0 Å². The average Bonchev–Trinajstić information content (AvgIpc) is 2.96. The molecule has 2 aromatic heterocycles. The van der Waals surface area contributed by atoms with Gasteiger partial charge in [-0.2, -0.15) is 0 Å². The Labute approximate surface area is 107 Å². The van der Waals surface area contributed by atoms with Gasteiger partial charge >= 0.3 is 0 Å². The van der Waals surface area contributed by atoms with Crippen molar-refractivity contribution in [2.75, 3.05) is 0 Å². The number of hydrogen-bond donors (Lipinski definition) is 2. The van der Waals surface area contributed by atoms with Crippen molar-refractivity contribution in [1.82, 2.24) is 24.5 Å². The van der Waals surface area contributed by atoms with Gasteiger partial charge in [0.15, 0.2) is 0 Å². The SMILES string of the molecule is CCCn1ccnc1CC(NN)c1cn(C)cn1. The Kier molecular flexibility index (Phi) is 4.11. The fourth-order valence-corrected chi connectivity index (χ4v) is 2.02. The summed E-state index contributed by atoms with van der Waals surface area (Å²) in [5.41, 5.74) is 3.75.